The first-order chi connectivity index (χ1) is 13.2. The third-order valence-corrected chi connectivity index (χ3v) is 4.96. The normalized spacial score (nSPS) is 11.2. The number of hydrogen-bond donors (Lipinski definition) is 1. The molecular weight excluding hydrogens is 344 g/mol. The van der Waals surface area contributed by atoms with Gasteiger partial charge in [0.1, 0.15) is 0 Å². The molecule has 0 aliphatic carbocycles. The van der Waals surface area contributed by atoms with Crippen molar-refractivity contribution < 1.29 is 4.79 Å². The number of nitrogens with zero attached hydrogens (tertiary/aromatic N) is 1. The highest BCUT2D eigenvalue weighted by atomic mass is 16.1. The molecule has 0 aliphatic rings. The van der Waals surface area contributed by atoms with Crippen LogP contribution in [0.15, 0.2) is 35.3 Å². The van der Waals surface area contributed by atoms with Gasteiger partial charge in [0.25, 0.3) is 0 Å². The lowest BCUT2D eigenvalue weighted by Gasteiger charge is -2.15. The van der Waals surface area contributed by atoms with E-state index in [1.807, 2.05) is 19.1 Å². The topological polar surface area (TPSA) is 55.5 Å². The van der Waals surface area contributed by atoms with E-state index in [9.17, 15) is 4.79 Å². The summed E-state index contributed by atoms with van der Waals surface area (Å²) in [6, 6.07) is 10.4. The summed E-state index contributed by atoms with van der Waals surface area (Å²) in [5.74, 6) is 0.310. The van der Waals surface area contributed by atoms with Gasteiger partial charge in [0.05, 0.1) is 0 Å². The Morgan fingerprint density at radius 2 is 1.61 bits per heavy atom. The van der Waals surface area contributed by atoms with Crippen molar-refractivity contribution in [1.82, 2.24) is 0 Å². The Balaban J connectivity index is 0.000000307. The van der Waals surface area contributed by atoms with E-state index in [-0.39, 0.29) is 5.78 Å². The number of ketones is 1. The van der Waals surface area contributed by atoms with Crippen LogP contribution in [0.3, 0.4) is 0 Å². The Hall–Kier alpha value is -2.42. The predicted octanol–water partition coefficient (Wildman–Crippen LogP) is 5.97. The van der Waals surface area contributed by atoms with Crippen LogP contribution in [0.5, 0.6) is 0 Å². The summed E-state index contributed by atoms with van der Waals surface area (Å²) in [5, 5.41) is 0. The summed E-state index contributed by atoms with van der Waals surface area (Å²) in [4.78, 5) is 15.8. The van der Waals surface area contributed by atoms with E-state index in [1.54, 1.807) is 7.05 Å². The number of nitrogens with two attached hydrogens (primary N) is 1. The third-order valence-electron chi connectivity index (χ3n) is 4.96. The maximum Gasteiger partial charge on any atom is 0.161 e. The molecule has 2 N–H and O–H groups in total. The molecule has 0 radical (unpaired) electrons. The molecule has 0 amide bonds. The molecule has 0 bridgehead atoms. The Morgan fingerprint density at radius 3 is 2.07 bits per heavy atom. The fourth-order valence-corrected chi connectivity index (χ4v) is 3.43. The van der Waals surface area contributed by atoms with Crippen LogP contribution in [-0.2, 0) is 12.8 Å². The van der Waals surface area contributed by atoms with Crippen molar-refractivity contribution >= 4 is 17.2 Å². The Morgan fingerprint density at radius 1 is 1.00 bits per heavy atom. The molecule has 2 aromatic carbocycles. The first-order valence-corrected chi connectivity index (χ1v) is 10.1. The molecule has 0 heterocycles. The van der Waals surface area contributed by atoms with Crippen LogP contribution in [-0.4, -0.2) is 18.5 Å². The van der Waals surface area contributed by atoms with Gasteiger partial charge >= 0.3 is 0 Å². The lowest BCUT2D eigenvalue weighted by atomic mass is 9.92. The first-order valence-electron chi connectivity index (χ1n) is 10.1. The van der Waals surface area contributed by atoms with Gasteiger partial charge in [-0.2, -0.15) is 0 Å². The smallest absolute Gasteiger partial charge is 0.161 e. The van der Waals surface area contributed by atoms with Crippen molar-refractivity contribution in [2.45, 2.75) is 61.3 Å². The number of benzene rings is 2. The molecule has 0 unspecified atom stereocenters. The van der Waals surface area contributed by atoms with Crippen molar-refractivity contribution in [3.8, 4) is 0 Å². The molecule has 28 heavy (non-hydrogen) atoms. The van der Waals surface area contributed by atoms with Crippen molar-refractivity contribution in [3.63, 3.8) is 0 Å². The number of Topliss-reactive ketones (excluding diaryl/α,β-unsaturated/α-hetero) is 1. The number of aliphatic imine (C=N–C) groups is 1. The van der Waals surface area contributed by atoms with E-state index in [0.717, 1.165) is 29.7 Å². The van der Waals surface area contributed by atoms with Crippen LogP contribution in [0.1, 0.15) is 72.8 Å². The Kier molecular flexibility index (Phi) is 9.11. The average Bonchev–Trinajstić information content (AvgIpc) is 2.63. The molecule has 152 valence electrons. The SMILES string of the molecule is CCc1ccc(C)cc1CC.CN=C(c1cc(C(C)=O)c(N)cc1C)C(C)C. The van der Waals surface area contributed by atoms with E-state index < -0.39 is 0 Å². The van der Waals surface area contributed by atoms with Crippen molar-refractivity contribution in [3.05, 3.63) is 63.7 Å². The Labute approximate surface area is 171 Å². The minimum atomic E-state index is -0.0111. The molecule has 3 heteroatoms. The van der Waals surface area contributed by atoms with Gasteiger partial charge in [-0.3, -0.25) is 9.79 Å². The highest BCUT2D eigenvalue weighted by molar-refractivity contribution is 6.07. The number of hydrogen-bond acceptors (Lipinski definition) is 3. The summed E-state index contributed by atoms with van der Waals surface area (Å²) in [5.41, 5.74) is 14.4. The van der Waals surface area contributed by atoms with Crippen molar-refractivity contribution in [2.24, 2.45) is 10.9 Å². The maximum absolute atomic E-state index is 11.5. The number of nitrogen functional groups attached to an aromatic ring is 1. The molecule has 0 spiro atoms. The quantitative estimate of drug-likeness (QED) is 0.394. The number of carbonyl (C=O) groups is 1. The third kappa shape index (κ3) is 6.05. The fourth-order valence-electron chi connectivity index (χ4n) is 3.43. The Bertz CT molecular complexity index is 848. The molecule has 0 saturated carbocycles. The number of rotatable bonds is 5. The second kappa shape index (κ2) is 10.8. The molecule has 2 rings (SSSR count). The zero-order chi connectivity index (χ0) is 21.4. The molecule has 3 nitrogen and oxygen atoms in total. The van der Waals surface area contributed by atoms with Gasteiger partial charge in [-0.05, 0) is 73.9 Å². The molecule has 0 aliphatic heterocycles. The van der Waals surface area contributed by atoms with E-state index >= 15 is 0 Å². The van der Waals surface area contributed by atoms with Crippen molar-refractivity contribution in [2.75, 3.05) is 12.8 Å². The summed E-state index contributed by atoms with van der Waals surface area (Å²) in [6.45, 7) is 14.3. The maximum atomic E-state index is 11.5. The molecule has 0 fully saturated rings. The highest BCUT2D eigenvalue weighted by Crippen LogP contribution is 2.22. The summed E-state index contributed by atoms with van der Waals surface area (Å²) in [6.07, 6.45) is 2.31. The monoisotopic (exact) mass is 380 g/mol. The van der Waals surface area contributed by atoms with Crippen LogP contribution in [0, 0.1) is 19.8 Å². The number of aryl methyl sites for hydroxylation is 4. The zero-order valence-electron chi connectivity index (χ0n) is 18.8. The molecular formula is C25H36N2O. The van der Waals surface area contributed by atoms with Crippen LogP contribution < -0.4 is 5.73 Å². The second-order valence-electron chi connectivity index (χ2n) is 7.55. The predicted molar refractivity (Wildman–Crippen MR) is 123 cm³/mol. The van der Waals surface area contributed by atoms with Gasteiger partial charge in [0, 0.05) is 24.0 Å². The molecule has 0 aromatic heterocycles. The van der Waals surface area contributed by atoms with E-state index in [2.05, 4.69) is 57.8 Å². The van der Waals surface area contributed by atoms with Gasteiger partial charge in [0.2, 0.25) is 0 Å². The van der Waals surface area contributed by atoms with Gasteiger partial charge in [0.15, 0.2) is 5.78 Å². The van der Waals surface area contributed by atoms with E-state index in [1.165, 1.54) is 23.6 Å². The standard InChI is InChI=1S/C14H20N2O.C11H16/c1-8(2)14(16-5)11-7-12(10(4)17)13(15)6-9(11)3;1-4-10-7-6-9(3)8-11(10)5-2/h6-8H,15H2,1-5H3;6-8H,4-5H2,1-3H3. The summed E-state index contributed by atoms with van der Waals surface area (Å²) < 4.78 is 0. The van der Waals surface area contributed by atoms with Crippen LogP contribution >= 0.6 is 0 Å². The van der Waals surface area contributed by atoms with Crippen molar-refractivity contribution in [1.29, 1.82) is 0 Å². The number of anilines is 1. The fraction of sp³-hybridized carbons (Fsp3) is 0.440. The number of carbonyl (C=O) groups excluding carboxylic acids is 1. The average molecular weight is 381 g/mol. The van der Waals surface area contributed by atoms with E-state index in [0.29, 0.717) is 17.2 Å². The van der Waals surface area contributed by atoms with Gasteiger partial charge in [-0.25, -0.2) is 0 Å². The van der Waals surface area contributed by atoms with Gasteiger partial charge < -0.3 is 5.73 Å². The van der Waals surface area contributed by atoms with Crippen LogP contribution in [0.2, 0.25) is 0 Å². The lowest BCUT2D eigenvalue weighted by Crippen LogP contribution is -2.13. The molecule has 0 atom stereocenters. The summed E-state index contributed by atoms with van der Waals surface area (Å²) in [7, 11) is 1.78. The lowest BCUT2D eigenvalue weighted by molar-refractivity contribution is 0.101. The second-order valence-corrected chi connectivity index (χ2v) is 7.55. The van der Waals surface area contributed by atoms with Crippen LogP contribution in [0.25, 0.3) is 0 Å². The minimum absolute atomic E-state index is 0.0111. The first kappa shape index (κ1) is 23.6. The molecule has 2 aromatic rings. The molecule has 0 saturated heterocycles. The van der Waals surface area contributed by atoms with Gasteiger partial charge in [-0.1, -0.05) is 51.5 Å². The zero-order valence-corrected chi connectivity index (χ0v) is 18.8. The minimum Gasteiger partial charge on any atom is -0.398 e. The largest absolute Gasteiger partial charge is 0.398 e. The van der Waals surface area contributed by atoms with Gasteiger partial charge in [-0.15, -0.1) is 0 Å². The van der Waals surface area contributed by atoms with E-state index in [4.69, 9.17) is 5.73 Å². The summed E-state index contributed by atoms with van der Waals surface area (Å²) >= 11 is 0. The highest BCUT2D eigenvalue weighted by Gasteiger charge is 2.14. The van der Waals surface area contributed by atoms with Crippen LogP contribution in [0.4, 0.5) is 5.69 Å².